The van der Waals surface area contributed by atoms with Crippen molar-refractivity contribution in [2.75, 3.05) is 114 Å². The van der Waals surface area contributed by atoms with Crippen LogP contribution in [-0.2, 0) is 51.4 Å². The van der Waals surface area contributed by atoms with Gasteiger partial charge in [0.2, 0.25) is 46.0 Å². The van der Waals surface area contributed by atoms with Gasteiger partial charge < -0.3 is 117 Å². The standard InChI is InChI=1S/C100H148O24Si5/c1-109-77-53-69(54-78(110-2)93(77)101)29-21-37-125(17,38-22-30-70-55-79(111-3)94(102)80(56-70)112-4)45-49-129(50-46-126(18,39-23-31-71-57-81(113-5)95(103)82(58-71)114-6)40-24-32-72-59-83(115-7)96(104)84(60-72)116-8,51-47-127(19,41-25-33-73-61-85(117-9)97(105)86(62-73)118-10)42-26-34-74-63-87(119-11)98(106)88(64-74)120-12)52-48-128(20,43-27-35-75-65-89(121-13)99(107)90(66-75)122-14)44-28-36-76-67-91(123-15)100(108)92(68-76)124-16/h53-68,101-108H,21-52H2,1-20H3. The second-order valence-electron chi connectivity index (χ2n) is 36.4. The number of benzene rings is 8. The fourth-order valence-electron chi connectivity index (χ4n) is 19.0. The molecule has 0 saturated carbocycles. The predicted octanol–water partition coefficient (Wildman–Crippen LogP) is 22.6. The van der Waals surface area contributed by atoms with Crippen molar-refractivity contribution in [3.8, 4) is 138 Å². The molecule has 0 aromatic heterocycles. The number of phenolic OH excluding ortho intramolecular Hbond substituents is 8. The first-order chi connectivity index (χ1) is 61.8. The third-order valence-corrected chi connectivity index (χ3v) is 52.9. The van der Waals surface area contributed by atoms with Crippen molar-refractivity contribution in [3.05, 3.63) is 142 Å². The van der Waals surface area contributed by atoms with E-state index in [-0.39, 0.29) is 46.0 Å². The van der Waals surface area contributed by atoms with Crippen LogP contribution in [0.5, 0.6) is 138 Å². The van der Waals surface area contributed by atoms with Gasteiger partial charge in [-0.25, -0.2) is 0 Å². The average Bonchev–Trinajstić information content (AvgIpc) is 0.818. The van der Waals surface area contributed by atoms with Crippen LogP contribution in [0.4, 0.5) is 0 Å². The van der Waals surface area contributed by atoms with Crippen molar-refractivity contribution in [3.63, 3.8) is 0 Å². The lowest BCUT2D eigenvalue weighted by Crippen LogP contribution is -2.45. The summed E-state index contributed by atoms with van der Waals surface area (Å²) in [6.07, 6.45) is 13.2. The minimum atomic E-state index is -2.66. The number of rotatable bonds is 60. The Hall–Kier alpha value is -9.96. The average molecular weight is 1870 g/mol. The van der Waals surface area contributed by atoms with Gasteiger partial charge in [-0.15, -0.1) is 0 Å². The molecule has 0 bridgehead atoms. The second-order valence-corrected chi connectivity index (χ2v) is 61.8. The van der Waals surface area contributed by atoms with Crippen LogP contribution in [0.25, 0.3) is 0 Å². The molecule has 29 heteroatoms. The van der Waals surface area contributed by atoms with E-state index in [1.807, 2.05) is 97.1 Å². The molecule has 0 atom stereocenters. The maximum Gasteiger partial charge on any atom is 0.200 e. The zero-order valence-corrected chi connectivity index (χ0v) is 85.5. The molecule has 0 heterocycles. The van der Waals surface area contributed by atoms with Gasteiger partial charge in [-0.2, -0.15) is 0 Å². The van der Waals surface area contributed by atoms with E-state index in [2.05, 4.69) is 26.2 Å². The summed E-state index contributed by atoms with van der Waals surface area (Å²) < 4.78 is 92.1. The van der Waals surface area contributed by atoms with Gasteiger partial charge in [0.05, 0.1) is 154 Å². The number of aromatic hydroxyl groups is 8. The van der Waals surface area contributed by atoms with E-state index in [4.69, 9.17) is 75.8 Å². The van der Waals surface area contributed by atoms with Gasteiger partial charge in [-0.3, -0.25) is 0 Å². The van der Waals surface area contributed by atoms with Crippen LogP contribution in [0.2, 0.25) is 123 Å². The monoisotopic (exact) mass is 1870 g/mol. The van der Waals surface area contributed by atoms with Gasteiger partial charge in [0.15, 0.2) is 92.0 Å². The summed E-state index contributed by atoms with van der Waals surface area (Å²) in [5.74, 6) is 5.62. The highest BCUT2D eigenvalue weighted by Gasteiger charge is 2.43. The second kappa shape index (κ2) is 49.9. The van der Waals surface area contributed by atoms with Crippen LogP contribution in [0.3, 0.4) is 0 Å². The Balaban J connectivity index is 1.35. The number of hydrogen-bond donors (Lipinski definition) is 8. The lowest BCUT2D eigenvalue weighted by atomic mass is 10.1. The van der Waals surface area contributed by atoms with Crippen LogP contribution >= 0.6 is 0 Å². The van der Waals surface area contributed by atoms with E-state index >= 15 is 0 Å². The van der Waals surface area contributed by atoms with Gasteiger partial charge in [-0.1, -0.05) is 174 Å². The molecule has 8 aromatic rings. The Bertz CT molecular complexity index is 3820. The molecule has 129 heavy (non-hydrogen) atoms. The molecule has 8 N–H and O–H groups in total. The molecule has 24 nitrogen and oxygen atoms in total. The van der Waals surface area contributed by atoms with Crippen molar-refractivity contribution in [1.29, 1.82) is 0 Å². The molecular formula is C100H148O24Si5. The van der Waals surface area contributed by atoms with Crippen LogP contribution < -0.4 is 75.8 Å². The molecule has 0 fully saturated rings. The molecule has 8 aromatic carbocycles. The molecule has 0 aliphatic carbocycles. The van der Waals surface area contributed by atoms with Crippen molar-refractivity contribution >= 4 is 40.4 Å². The van der Waals surface area contributed by atoms with E-state index in [1.54, 1.807) is 114 Å². The minimum Gasteiger partial charge on any atom is -0.502 e. The molecule has 0 radical (unpaired) electrons. The van der Waals surface area contributed by atoms with Gasteiger partial charge in [0.25, 0.3) is 0 Å². The number of phenols is 8. The van der Waals surface area contributed by atoms with Crippen molar-refractivity contribution < 1.29 is 117 Å². The van der Waals surface area contributed by atoms with Gasteiger partial charge in [0, 0.05) is 0 Å². The van der Waals surface area contributed by atoms with Crippen LogP contribution in [-0.4, -0.2) is 195 Å². The Labute approximate surface area is 771 Å². The normalized spacial score (nSPS) is 11.9. The molecular weight excluding hydrogens is 1730 g/mol. The topological polar surface area (TPSA) is 310 Å². The molecule has 0 saturated heterocycles. The summed E-state index contributed by atoms with van der Waals surface area (Å²) in [4.78, 5) is 0. The first-order valence-electron chi connectivity index (χ1n) is 45.3. The first kappa shape index (κ1) is 104. The Morgan fingerprint density at radius 3 is 0.333 bits per heavy atom. The maximum atomic E-state index is 11.2. The van der Waals surface area contributed by atoms with Crippen molar-refractivity contribution in [2.45, 2.75) is 226 Å². The lowest BCUT2D eigenvalue weighted by Gasteiger charge is -2.43. The highest BCUT2D eigenvalue weighted by atomic mass is 28.3. The quantitative estimate of drug-likeness (QED) is 0.0164. The lowest BCUT2D eigenvalue weighted by molar-refractivity contribution is 0.339. The van der Waals surface area contributed by atoms with E-state index < -0.39 is 40.4 Å². The Morgan fingerprint density at radius 2 is 0.248 bits per heavy atom. The minimum absolute atomic E-state index is 0.0312. The third kappa shape index (κ3) is 29.0. The number of ether oxygens (including phenoxy) is 16. The van der Waals surface area contributed by atoms with E-state index in [9.17, 15) is 40.9 Å². The summed E-state index contributed by atoms with van der Waals surface area (Å²) in [7, 11) is 13.0. The van der Waals surface area contributed by atoms with Gasteiger partial charge >= 0.3 is 0 Å². The molecule has 0 amide bonds. The predicted molar refractivity (Wildman–Crippen MR) is 525 cm³/mol. The van der Waals surface area contributed by atoms with Crippen molar-refractivity contribution in [1.82, 2.24) is 0 Å². The number of hydrogen-bond acceptors (Lipinski definition) is 24. The zero-order chi connectivity index (χ0) is 94.2. The summed E-state index contributed by atoms with van der Waals surface area (Å²) in [5.41, 5.74) is 8.18. The van der Waals surface area contributed by atoms with E-state index in [1.165, 1.54) is 0 Å². The highest BCUT2D eigenvalue weighted by Crippen LogP contribution is 2.50. The highest BCUT2D eigenvalue weighted by molar-refractivity contribution is 6.90. The summed E-state index contributed by atoms with van der Waals surface area (Å²) >= 11 is 0. The van der Waals surface area contributed by atoms with Gasteiger partial charge in [0.1, 0.15) is 0 Å². The Morgan fingerprint density at radius 1 is 0.155 bits per heavy atom. The fraction of sp³-hybridized carbons (Fsp3) is 0.520. The van der Waals surface area contributed by atoms with E-state index in [0.717, 1.165) is 244 Å². The third-order valence-electron chi connectivity index (χ3n) is 27.3. The SMILES string of the molecule is COc1cc(CCC[Si](C)(CCCc2cc(OC)c(O)c(OC)c2)CC[Si](CC[Si](C)(CCCc2cc(OC)c(O)c(OC)c2)CCCc2cc(OC)c(O)c(OC)c2)(CC[Si](C)(CCCc2cc(OC)c(O)c(OC)c2)CCCc2cc(OC)c(O)c(OC)c2)CC[Si](C)(CCCc2cc(OC)c(O)c(OC)c2)CCCc2cc(OC)c(O)c(OC)c2)cc(OC)c1O. The largest absolute Gasteiger partial charge is 0.502 e. The molecule has 0 aliphatic rings. The Kier molecular flexibility index (Phi) is 40.4. The summed E-state index contributed by atoms with van der Waals surface area (Å²) in [6, 6.07) is 48.3. The first-order valence-corrected chi connectivity index (χ1v) is 60.6. The molecule has 0 spiro atoms. The van der Waals surface area contributed by atoms with E-state index in [0.29, 0.717) is 92.0 Å². The number of methoxy groups -OCH3 is 16. The van der Waals surface area contributed by atoms with Crippen LogP contribution in [0.15, 0.2) is 97.1 Å². The summed E-state index contributed by atoms with van der Waals surface area (Å²) in [6.45, 7) is 10.7. The maximum absolute atomic E-state index is 11.2. The zero-order valence-electron chi connectivity index (χ0n) is 80.5. The smallest absolute Gasteiger partial charge is 0.200 e. The number of aryl methyl sites for hydroxylation is 8. The summed E-state index contributed by atoms with van der Waals surface area (Å²) in [5, 5.41) is 89.7. The fourth-order valence-corrected chi connectivity index (χ4v) is 49.9. The molecule has 0 unspecified atom stereocenters. The van der Waals surface area contributed by atoms with Crippen LogP contribution in [0.1, 0.15) is 95.9 Å². The molecule has 8 rings (SSSR count). The molecule has 0 aliphatic heterocycles. The van der Waals surface area contributed by atoms with Crippen molar-refractivity contribution in [2.24, 2.45) is 0 Å². The van der Waals surface area contributed by atoms with Crippen LogP contribution in [0, 0.1) is 0 Å². The van der Waals surface area contributed by atoms with Gasteiger partial charge in [-0.05, 0) is 193 Å². The molecule has 712 valence electrons.